The molecular weight excluding hydrogens is 256 g/mol. The number of carbonyl (C=O) groups is 1. The molecule has 0 aliphatic heterocycles. The van der Waals surface area contributed by atoms with E-state index in [0.29, 0.717) is 18.2 Å². The Morgan fingerprint density at radius 3 is 2.65 bits per heavy atom. The second-order valence-corrected chi connectivity index (χ2v) is 5.20. The monoisotopic (exact) mass is 280 g/mol. The lowest BCUT2D eigenvalue weighted by molar-refractivity contribution is 0.185. The molecule has 0 radical (unpaired) electrons. The number of aliphatic hydroxyl groups excluding tert-OH is 1. The van der Waals surface area contributed by atoms with Crippen molar-refractivity contribution in [2.75, 3.05) is 19.0 Å². The molecule has 0 aromatic heterocycles. The number of methoxy groups -OCH3 is 1. The van der Waals surface area contributed by atoms with Crippen LogP contribution >= 0.6 is 0 Å². The molecule has 20 heavy (non-hydrogen) atoms. The zero-order chi connectivity index (χ0) is 15.0. The molecule has 0 aliphatic rings. The van der Waals surface area contributed by atoms with E-state index < -0.39 is 0 Å². The van der Waals surface area contributed by atoms with Gasteiger partial charge in [-0.25, -0.2) is 4.79 Å². The summed E-state index contributed by atoms with van der Waals surface area (Å²) in [7, 11) is 1.61. The standard InChI is InChI=1S/C15H24N2O3/c1-11(2)8-13(9-18)16-15(19)17-14-7-5-4-6-12(14)10-20-3/h4-7,11,13,18H,8-10H2,1-3H3,(H2,16,17,19). The molecule has 0 fully saturated rings. The van der Waals surface area contributed by atoms with Crippen LogP contribution < -0.4 is 10.6 Å². The van der Waals surface area contributed by atoms with Crippen LogP contribution in [0.1, 0.15) is 25.8 Å². The molecule has 112 valence electrons. The molecular formula is C15H24N2O3. The minimum atomic E-state index is -0.312. The molecule has 1 aromatic rings. The van der Waals surface area contributed by atoms with E-state index in [-0.39, 0.29) is 18.7 Å². The van der Waals surface area contributed by atoms with Gasteiger partial charge in [-0.05, 0) is 18.4 Å². The third-order valence-electron chi connectivity index (χ3n) is 2.88. The molecule has 1 atom stereocenters. The van der Waals surface area contributed by atoms with Gasteiger partial charge in [-0.15, -0.1) is 0 Å². The van der Waals surface area contributed by atoms with E-state index in [1.54, 1.807) is 7.11 Å². The van der Waals surface area contributed by atoms with E-state index in [2.05, 4.69) is 24.5 Å². The molecule has 5 nitrogen and oxygen atoms in total. The van der Waals surface area contributed by atoms with Crippen LogP contribution in [-0.4, -0.2) is 30.9 Å². The fourth-order valence-electron chi connectivity index (χ4n) is 2.02. The number of aliphatic hydroxyl groups is 1. The number of urea groups is 1. The van der Waals surface area contributed by atoms with E-state index in [9.17, 15) is 9.90 Å². The predicted octanol–water partition coefficient (Wildman–Crippen LogP) is 2.36. The maximum absolute atomic E-state index is 11.9. The van der Waals surface area contributed by atoms with Gasteiger partial charge in [-0.2, -0.15) is 0 Å². The van der Waals surface area contributed by atoms with Gasteiger partial charge in [0.15, 0.2) is 0 Å². The molecule has 1 rings (SSSR count). The third kappa shape index (κ3) is 5.59. The van der Waals surface area contributed by atoms with Crippen LogP contribution in [0.3, 0.4) is 0 Å². The van der Waals surface area contributed by atoms with Gasteiger partial charge >= 0.3 is 6.03 Å². The average Bonchev–Trinajstić information content (AvgIpc) is 2.40. The summed E-state index contributed by atoms with van der Waals surface area (Å²) in [5.41, 5.74) is 1.63. The Hall–Kier alpha value is -1.59. The number of anilines is 1. The summed E-state index contributed by atoms with van der Waals surface area (Å²) in [5.74, 6) is 0.410. The van der Waals surface area contributed by atoms with Crippen molar-refractivity contribution in [1.29, 1.82) is 0 Å². The van der Waals surface area contributed by atoms with Crippen molar-refractivity contribution in [3.05, 3.63) is 29.8 Å². The van der Waals surface area contributed by atoms with Gasteiger partial charge in [-0.1, -0.05) is 32.0 Å². The largest absolute Gasteiger partial charge is 0.394 e. The number of para-hydroxylation sites is 1. The zero-order valence-corrected chi connectivity index (χ0v) is 12.3. The summed E-state index contributed by atoms with van der Waals surface area (Å²) in [5, 5.41) is 14.8. The van der Waals surface area contributed by atoms with Crippen LogP contribution in [0.4, 0.5) is 10.5 Å². The Morgan fingerprint density at radius 2 is 2.05 bits per heavy atom. The maximum atomic E-state index is 11.9. The first-order chi connectivity index (χ1) is 9.56. The van der Waals surface area contributed by atoms with Gasteiger partial charge in [0, 0.05) is 18.4 Å². The summed E-state index contributed by atoms with van der Waals surface area (Å²) in [6.07, 6.45) is 0.740. The van der Waals surface area contributed by atoms with E-state index in [1.807, 2.05) is 24.3 Å². The molecule has 0 heterocycles. The van der Waals surface area contributed by atoms with Crippen molar-refractivity contribution in [3.8, 4) is 0 Å². The molecule has 0 saturated carbocycles. The second-order valence-electron chi connectivity index (χ2n) is 5.20. The minimum Gasteiger partial charge on any atom is -0.394 e. The first-order valence-electron chi connectivity index (χ1n) is 6.82. The number of hydrogen-bond donors (Lipinski definition) is 3. The third-order valence-corrected chi connectivity index (χ3v) is 2.88. The summed E-state index contributed by atoms with van der Waals surface area (Å²) < 4.78 is 5.09. The molecule has 1 unspecified atom stereocenters. The Bertz CT molecular complexity index is 421. The van der Waals surface area contributed by atoms with E-state index in [4.69, 9.17) is 4.74 Å². The molecule has 0 saturated heterocycles. The molecule has 2 amide bonds. The van der Waals surface area contributed by atoms with E-state index >= 15 is 0 Å². The Morgan fingerprint density at radius 1 is 1.35 bits per heavy atom. The van der Waals surface area contributed by atoms with Crippen LogP contribution in [0, 0.1) is 5.92 Å². The summed E-state index contributed by atoms with van der Waals surface area (Å²) in [6, 6.07) is 6.93. The number of ether oxygens (including phenoxy) is 1. The van der Waals surface area contributed by atoms with Crippen LogP contribution in [0.25, 0.3) is 0 Å². The molecule has 1 aromatic carbocycles. The normalized spacial score (nSPS) is 12.2. The fourth-order valence-corrected chi connectivity index (χ4v) is 2.02. The Kier molecular flexibility index (Phi) is 7.04. The van der Waals surface area contributed by atoms with Crippen LogP contribution in [-0.2, 0) is 11.3 Å². The number of amides is 2. The highest BCUT2D eigenvalue weighted by Crippen LogP contribution is 2.15. The number of carbonyl (C=O) groups excluding carboxylic acids is 1. The SMILES string of the molecule is COCc1ccccc1NC(=O)NC(CO)CC(C)C. The van der Waals surface area contributed by atoms with Crippen molar-refractivity contribution >= 4 is 11.7 Å². The van der Waals surface area contributed by atoms with Gasteiger partial charge in [0.05, 0.1) is 19.3 Å². The zero-order valence-electron chi connectivity index (χ0n) is 12.3. The highest BCUT2D eigenvalue weighted by Gasteiger charge is 2.13. The second kappa shape index (κ2) is 8.55. The Balaban J connectivity index is 2.61. The Labute approximate surface area is 120 Å². The van der Waals surface area contributed by atoms with Gasteiger partial charge in [0.25, 0.3) is 0 Å². The molecule has 0 spiro atoms. The van der Waals surface area contributed by atoms with Crippen molar-refractivity contribution in [1.82, 2.24) is 5.32 Å². The van der Waals surface area contributed by atoms with Crippen LogP contribution in [0.5, 0.6) is 0 Å². The van der Waals surface area contributed by atoms with E-state index in [0.717, 1.165) is 12.0 Å². The van der Waals surface area contributed by atoms with Crippen molar-refractivity contribution in [2.24, 2.45) is 5.92 Å². The van der Waals surface area contributed by atoms with Gasteiger partial charge in [-0.3, -0.25) is 0 Å². The molecule has 3 N–H and O–H groups in total. The van der Waals surface area contributed by atoms with E-state index in [1.165, 1.54) is 0 Å². The lowest BCUT2D eigenvalue weighted by Crippen LogP contribution is -2.41. The number of rotatable bonds is 7. The maximum Gasteiger partial charge on any atom is 0.319 e. The smallest absolute Gasteiger partial charge is 0.319 e. The highest BCUT2D eigenvalue weighted by atomic mass is 16.5. The van der Waals surface area contributed by atoms with Gasteiger partial charge in [0.2, 0.25) is 0 Å². The van der Waals surface area contributed by atoms with Crippen molar-refractivity contribution < 1.29 is 14.6 Å². The van der Waals surface area contributed by atoms with Crippen LogP contribution in [0.2, 0.25) is 0 Å². The van der Waals surface area contributed by atoms with Gasteiger partial charge < -0.3 is 20.5 Å². The van der Waals surface area contributed by atoms with Crippen molar-refractivity contribution in [3.63, 3.8) is 0 Å². The fraction of sp³-hybridized carbons (Fsp3) is 0.533. The predicted molar refractivity (Wildman–Crippen MR) is 79.6 cm³/mol. The number of nitrogens with one attached hydrogen (secondary N) is 2. The lowest BCUT2D eigenvalue weighted by atomic mass is 10.0. The van der Waals surface area contributed by atoms with Gasteiger partial charge in [0.1, 0.15) is 0 Å². The molecule has 0 aliphatic carbocycles. The first kappa shape index (κ1) is 16.5. The van der Waals surface area contributed by atoms with Crippen molar-refractivity contribution in [2.45, 2.75) is 32.9 Å². The number of benzene rings is 1. The summed E-state index contributed by atoms with van der Waals surface area (Å²) in [6.45, 7) is 4.48. The first-order valence-corrected chi connectivity index (χ1v) is 6.82. The minimum absolute atomic E-state index is 0.0642. The summed E-state index contributed by atoms with van der Waals surface area (Å²) >= 11 is 0. The summed E-state index contributed by atoms with van der Waals surface area (Å²) in [4.78, 5) is 11.9. The van der Waals surface area contributed by atoms with Crippen LogP contribution in [0.15, 0.2) is 24.3 Å². The molecule has 0 bridgehead atoms. The molecule has 5 heteroatoms. The average molecular weight is 280 g/mol. The number of hydrogen-bond acceptors (Lipinski definition) is 3. The highest BCUT2D eigenvalue weighted by molar-refractivity contribution is 5.90. The quantitative estimate of drug-likeness (QED) is 0.718. The lowest BCUT2D eigenvalue weighted by Gasteiger charge is -2.19. The topological polar surface area (TPSA) is 70.6 Å².